The van der Waals surface area contributed by atoms with E-state index in [4.69, 9.17) is 16.3 Å². The van der Waals surface area contributed by atoms with Crippen molar-refractivity contribution in [2.24, 2.45) is 0 Å². The maximum atomic E-state index is 13.0. The number of rotatable bonds is 5. The van der Waals surface area contributed by atoms with Gasteiger partial charge in [0.1, 0.15) is 5.82 Å². The molecule has 0 spiro atoms. The van der Waals surface area contributed by atoms with Gasteiger partial charge in [-0.2, -0.15) is 0 Å². The molecule has 0 unspecified atom stereocenters. The second kappa shape index (κ2) is 8.37. The standard InChI is InChI=1S/C16H11ClFNO4S/c17-11-8-10(3-5-12(11)18)4-6-15(21)23-9-14(20)19-16(22)13-2-1-7-24-13/h1-8H,9H2,(H,19,20,22)/b6-4+. The van der Waals surface area contributed by atoms with Crippen molar-refractivity contribution in [1.29, 1.82) is 0 Å². The summed E-state index contributed by atoms with van der Waals surface area (Å²) in [6.07, 6.45) is 2.43. The number of hydrogen-bond acceptors (Lipinski definition) is 5. The Labute approximate surface area is 145 Å². The number of thiophene rings is 1. The Kier molecular flexibility index (Phi) is 6.22. The first-order chi connectivity index (χ1) is 11.5. The molecule has 0 radical (unpaired) electrons. The van der Waals surface area contributed by atoms with Gasteiger partial charge < -0.3 is 4.74 Å². The maximum absolute atomic E-state index is 13.0. The third kappa shape index (κ3) is 5.29. The molecule has 5 nitrogen and oxygen atoms in total. The van der Waals surface area contributed by atoms with Crippen molar-refractivity contribution in [2.75, 3.05) is 6.61 Å². The van der Waals surface area contributed by atoms with Gasteiger partial charge in [0.15, 0.2) is 6.61 Å². The van der Waals surface area contributed by atoms with E-state index >= 15 is 0 Å². The average Bonchev–Trinajstić information content (AvgIpc) is 3.08. The second-order valence-corrected chi connectivity index (χ2v) is 5.82. The zero-order valence-corrected chi connectivity index (χ0v) is 13.7. The van der Waals surface area contributed by atoms with Crippen LogP contribution in [0.25, 0.3) is 6.08 Å². The number of benzene rings is 1. The predicted molar refractivity (Wildman–Crippen MR) is 88.2 cm³/mol. The van der Waals surface area contributed by atoms with Crippen LogP contribution in [0.2, 0.25) is 5.02 Å². The van der Waals surface area contributed by atoms with Crippen LogP contribution in [0.5, 0.6) is 0 Å². The Hall–Kier alpha value is -2.51. The van der Waals surface area contributed by atoms with Gasteiger partial charge in [0.05, 0.1) is 9.90 Å². The molecule has 1 aromatic heterocycles. The van der Waals surface area contributed by atoms with Crippen molar-refractivity contribution in [1.82, 2.24) is 5.32 Å². The number of halogens is 2. The molecule has 2 amide bonds. The molecule has 0 saturated heterocycles. The summed E-state index contributed by atoms with van der Waals surface area (Å²) in [4.78, 5) is 35.0. The molecule has 0 fully saturated rings. The van der Waals surface area contributed by atoms with Gasteiger partial charge in [0.2, 0.25) is 0 Å². The number of nitrogens with one attached hydrogen (secondary N) is 1. The number of amides is 2. The first kappa shape index (κ1) is 17.8. The predicted octanol–water partition coefficient (Wildman–Crippen LogP) is 3.05. The number of ether oxygens (including phenoxy) is 1. The van der Waals surface area contributed by atoms with E-state index in [-0.39, 0.29) is 5.02 Å². The monoisotopic (exact) mass is 367 g/mol. The van der Waals surface area contributed by atoms with Crippen LogP contribution < -0.4 is 5.32 Å². The van der Waals surface area contributed by atoms with E-state index in [0.29, 0.717) is 10.4 Å². The summed E-state index contributed by atoms with van der Waals surface area (Å²) in [6, 6.07) is 7.17. The van der Waals surface area contributed by atoms with Gasteiger partial charge in [-0.15, -0.1) is 11.3 Å². The van der Waals surface area contributed by atoms with E-state index in [2.05, 4.69) is 5.32 Å². The zero-order chi connectivity index (χ0) is 17.5. The highest BCUT2D eigenvalue weighted by Crippen LogP contribution is 2.16. The van der Waals surface area contributed by atoms with E-state index < -0.39 is 30.2 Å². The molecule has 0 saturated carbocycles. The maximum Gasteiger partial charge on any atom is 0.331 e. The van der Waals surface area contributed by atoms with Crippen LogP contribution in [0.15, 0.2) is 41.8 Å². The van der Waals surface area contributed by atoms with Gasteiger partial charge in [-0.3, -0.25) is 14.9 Å². The van der Waals surface area contributed by atoms with Crippen molar-refractivity contribution in [3.05, 3.63) is 63.1 Å². The second-order valence-electron chi connectivity index (χ2n) is 4.47. The van der Waals surface area contributed by atoms with E-state index in [1.807, 2.05) is 0 Å². The summed E-state index contributed by atoms with van der Waals surface area (Å²) in [6.45, 7) is -0.593. The number of imide groups is 1. The Morgan fingerprint density at radius 3 is 2.75 bits per heavy atom. The highest BCUT2D eigenvalue weighted by Gasteiger charge is 2.12. The van der Waals surface area contributed by atoms with E-state index in [0.717, 1.165) is 12.1 Å². The molecule has 24 heavy (non-hydrogen) atoms. The van der Waals surface area contributed by atoms with Gasteiger partial charge in [-0.25, -0.2) is 9.18 Å². The molecule has 1 N–H and O–H groups in total. The van der Waals surface area contributed by atoms with Crippen LogP contribution in [0, 0.1) is 5.82 Å². The number of carbonyl (C=O) groups is 3. The van der Waals surface area contributed by atoms with Crippen LogP contribution in [0.3, 0.4) is 0 Å². The fourth-order valence-corrected chi connectivity index (χ4v) is 2.41. The fourth-order valence-electron chi connectivity index (χ4n) is 1.60. The molecular formula is C16H11ClFNO4S. The van der Waals surface area contributed by atoms with Gasteiger partial charge in [0, 0.05) is 6.08 Å². The lowest BCUT2D eigenvalue weighted by molar-refractivity contribution is -0.143. The van der Waals surface area contributed by atoms with Crippen LogP contribution >= 0.6 is 22.9 Å². The topological polar surface area (TPSA) is 72.5 Å². The van der Waals surface area contributed by atoms with Crippen LogP contribution in [-0.2, 0) is 14.3 Å². The summed E-state index contributed by atoms with van der Waals surface area (Å²) >= 11 is 6.80. The molecule has 0 aliphatic carbocycles. The SMILES string of the molecule is O=C(COC(=O)/C=C/c1ccc(F)c(Cl)c1)NC(=O)c1cccs1. The molecule has 2 rings (SSSR count). The minimum atomic E-state index is -0.783. The third-order valence-corrected chi connectivity index (χ3v) is 3.86. The summed E-state index contributed by atoms with van der Waals surface area (Å²) in [5, 5.41) is 3.73. The van der Waals surface area contributed by atoms with E-state index in [1.54, 1.807) is 17.5 Å². The molecular weight excluding hydrogens is 357 g/mol. The van der Waals surface area contributed by atoms with Crippen molar-refractivity contribution < 1.29 is 23.5 Å². The molecule has 0 aliphatic heterocycles. The first-order valence-electron chi connectivity index (χ1n) is 6.63. The van der Waals surface area contributed by atoms with Crippen molar-refractivity contribution in [3.63, 3.8) is 0 Å². The molecule has 2 aromatic rings. The van der Waals surface area contributed by atoms with Gasteiger partial charge >= 0.3 is 5.97 Å². The molecule has 124 valence electrons. The Morgan fingerprint density at radius 2 is 2.08 bits per heavy atom. The average molecular weight is 368 g/mol. The normalized spacial score (nSPS) is 10.6. The molecule has 0 aliphatic rings. The van der Waals surface area contributed by atoms with E-state index in [9.17, 15) is 18.8 Å². The smallest absolute Gasteiger partial charge is 0.331 e. The molecule has 0 atom stereocenters. The lowest BCUT2D eigenvalue weighted by Gasteiger charge is -2.03. The number of hydrogen-bond donors (Lipinski definition) is 1. The zero-order valence-electron chi connectivity index (χ0n) is 12.1. The Morgan fingerprint density at radius 1 is 1.29 bits per heavy atom. The fraction of sp³-hybridized carbons (Fsp3) is 0.0625. The number of carbonyl (C=O) groups excluding carboxylic acids is 3. The van der Waals surface area contributed by atoms with Crippen LogP contribution in [-0.4, -0.2) is 24.4 Å². The Bertz CT molecular complexity index is 789. The minimum absolute atomic E-state index is 0.0722. The highest BCUT2D eigenvalue weighted by molar-refractivity contribution is 7.12. The van der Waals surface area contributed by atoms with Crippen LogP contribution in [0.4, 0.5) is 4.39 Å². The molecule has 8 heteroatoms. The first-order valence-corrected chi connectivity index (χ1v) is 7.89. The largest absolute Gasteiger partial charge is 0.452 e. The summed E-state index contributed by atoms with van der Waals surface area (Å²) in [5.74, 6) is -2.64. The molecule has 1 heterocycles. The molecule has 1 aromatic carbocycles. The van der Waals surface area contributed by atoms with Crippen molar-refractivity contribution in [2.45, 2.75) is 0 Å². The van der Waals surface area contributed by atoms with E-state index in [1.165, 1.54) is 29.5 Å². The van der Waals surface area contributed by atoms with Gasteiger partial charge in [-0.1, -0.05) is 23.7 Å². The summed E-state index contributed by atoms with van der Waals surface area (Å²) in [5.41, 5.74) is 0.496. The van der Waals surface area contributed by atoms with Gasteiger partial charge in [-0.05, 0) is 35.2 Å². The summed E-state index contributed by atoms with van der Waals surface area (Å²) < 4.78 is 17.7. The Balaban J connectivity index is 1.80. The quantitative estimate of drug-likeness (QED) is 0.651. The minimum Gasteiger partial charge on any atom is -0.452 e. The van der Waals surface area contributed by atoms with Crippen molar-refractivity contribution >= 4 is 46.8 Å². The summed E-state index contributed by atoms with van der Waals surface area (Å²) in [7, 11) is 0. The molecule has 0 bridgehead atoms. The van der Waals surface area contributed by atoms with Gasteiger partial charge in [0.25, 0.3) is 11.8 Å². The lowest BCUT2D eigenvalue weighted by atomic mass is 10.2. The third-order valence-electron chi connectivity index (χ3n) is 2.70. The highest BCUT2D eigenvalue weighted by atomic mass is 35.5. The van der Waals surface area contributed by atoms with Crippen LogP contribution in [0.1, 0.15) is 15.2 Å². The lowest BCUT2D eigenvalue weighted by Crippen LogP contribution is -2.33. The van der Waals surface area contributed by atoms with Crippen molar-refractivity contribution in [3.8, 4) is 0 Å². The number of esters is 1.